The third kappa shape index (κ3) is 2.24. The van der Waals surface area contributed by atoms with Crippen LogP contribution >= 0.6 is 15.9 Å². The Labute approximate surface area is 81.6 Å². The zero-order valence-electron chi connectivity index (χ0n) is 6.61. The molecule has 0 spiro atoms. The fraction of sp³-hybridized carbons (Fsp3) is 0.125. The number of ether oxygens (including phenoxy) is 1. The van der Waals surface area contributed by atoms with Crippen LogP contribution in [0.2, 0.25) is 0 Å². The maximum absolute atomic E-state index is 12.9. The smallest absolute Gasteiger partial charge is 0.308 e. The molecule has 0 unspecified atom stereocenters. The van der Waals surface area contributed by atoms with Crippen LogP contribution in [0.1, 0.15) is 6.92 Å². The Morgan fingerprint density at radius 2 is 2.00 bits per heavy atom. The van der Waals surface area contributed by atoms with Gasteiger partial charge in [0.05, 0.1) is 4.47 Å². The van der Waals surface area contributed by atoms with Crippen LogP contribution in [0.4, 0.5) is 8.78 Å². The van der Waals surface area contributed by atoms with Crippen LogP contribution in [0.25, 0.3) is 0 Å². The highest BCUT2D eigenvalue weighted by Gasteiger charge is 2.13. The molecule has 5 heteroatoms. The van der Waals surface area contributed by atoms with E-state index in [0.717, 1.165) is 6.92 Å². The number of esters is 1. The molecule has 13 heavy (non-hydrogen) atoms. The molecule has 0 radical (unpaired) electrons. The first-order valence-electron chi connectivity index (χ1n) is 3.34. The van der Waals surface area contributed by atoms with Crippen LogP contribution in [-0.4, -0.2) is 5.97 Å². The summed E-state index contributed by atoms with van der Waals surface area (Å²) >= 11 is 2.79. The number of benzene rings is 1. The molecule has 1 rings (SSSR count). The third-order valence-corrected chi connectivity index (χ3v) is 1.87. The van der Waals surface area contributed by atoms with Gasteiger partial charge in [-0.3, -0.25) is 4.79 Å². The van der Waals surface area contributed by atoms with E-state index < -0.39 is 23.4 Å². The summed E-state index contributed by atoms with van der Waals surface area (Å²) in [6.45, 7) is 1.11. The van der Waals surface area contributed by atoms with Crippen molar-refractivity contribution < 1.29 is 18.3 Å². The molecule has 1 aromatic carbocycles. The van der Waals surface area contributed by atoms with Crippen molar-refractivity contribution in [1.82, 2.24) is 0 Å². The first kappa shape index (κ1) is 10.1. The molecule has 0 heterocycles. The van der Waals surface area contributed by atoms with E-state index in [-0.39, 0.29) is 4.47 Å². The Morgan fingerprint density at radius 1 is 1.38 bits per heavy atom. The Bertz CT molecular complexity index is 352. The lowest BCUT2D eigenvalue weighted by Crippen LogP contribution is -2.04. The Hall–Kier alpha value is -0.970. The van der Waals surface area contributed by atoms with Crippen molar-refractivity contribution in [3.63, 3.8) is 0 Å². The summed E-state index contributed by atoms with van der Waals surface area (Å²) in [6, 6.07) is 2.43. The summed E-state index contributed by atoms with van der Waals surface area (Å²) in [5, 5.41) is 0. The largest absolute Gasteiger partial charge is 0.423 e. The van der Waals surface area contributed by atoms with Crippen LogP contribution in [0.3, 0.4) is 0 Å². The Morgan fingerprint density at radius 3 is 2.54 bits per heavy atom. The standard InChI is InChI=1S/C8H5BrF2O2/c1-4(12)13-6-3-2-5(9)7(10)8(6)11/h2-3H,1H3. The number of halogens is 3. The van der Waals surface area contributed by atoms with E-state index in [9.17, 15) is 13.6 Å². The number of rotatable bonds is 1. The molecule has 0 aliphatic heterocycles. The van der Waals surface area contributed by atoms with Crippen molar-refractivity contribution in [2.75, 3.05) is 0 Å². The van der Waals surface area contributed by atoms with E-state index in [4.69, 9.17) is 0 Å². The van der Waals surface area contributed by atoms with Crippen molar-refractivity contribution in [2.45, 2.75) is 6.92 Å². The minimum absolute atomic E-state index is 0.0131. The summed E-state index contributed by atoms with van der Waals surface area (Å²) in [4.78, 5) is 10.4. The molecule has 0 fully saturated rings. The van der Waals surface area contributed by atoms with E-state index in [0.29, 0.717) is 0 Å². The van der Waals surface area contributed by atoms with Gasteiger partial charge in [0.1, 0.15) is 0 Å². The van der Waals surface area contributed by atoms with Gasteiger partial charge in [0, 0.05) is 6.92 Å². The van der Waals surface area contributed by atoms with Crippen molar-refractivity contribution in [1.29, 1.82) is 0 Å². The van der Waals surface area contributed by atoms with Gasteiger partial charge in [-0.1, -0.05) is 0 Å². The fourth-order valence-electron chi connectivity index (χ4n) is 0.742. The molecule has 0 saturated carbocycles. The molecule has 0 amide bonds. The molecule has 0 aromatic heterocycles. The summed E-state index contributed by atoms with van der Waals surface area (Å²) in [5.41, 5.74) is 0. The second-order valence-electron chi connectivity index (χ2n) is 2.27. The van der Waals surface area contributed by atoms with E-state index in [1.54, 1.807) is 0 Å². The van der Waals surface area contributed by atoms with Crippen LogP contribution in [0.15, 0.2) is 16.6 Å². The van der Waals surface area contributed by atoms with Crippen molar-refractivity contribution >= 4 is 21.9 Å². The fourth-order valence-corrected chi connectivity index (χ4v) is 1.05. The minimum Gasteiger partial charge on any atom is -0.423 e. The second kappa shape index (κ2) is 3.83. The number of carbonyl (C=O) groups excluding carboxylic acids is 1. The highest BCUT2D eigenvalue weighted by molar-refractivity contribution is 9.10. The number of carbonyl (C=O) groups is 1. The predicted molar refractivity (Wildman–Crippen MR) is 45.4 cm³/mol. The molecule has 0 saturated heterocycles. The lowest BCUT2D eigenvalue weighted by atomic mass is 10.3. The molecule has 0 aliphatic carbocycles. The lowest BCUT2D eigenvalue weighted by Gasteiger charge is -2.03. The molecule has 0 aliphatic rings. The van der Waals surface area contributed by atoms with Crippen molar-refractivity contribution in [3.8, 4) is 5.75 Å². The van der Waals surface area contributed by atoms with Crippen LogP contribution < -0.4 is 4.74 Å². The van der Waals surface area contributed by atoms with Gasteiger partial charge in [0.15, 0.2) is 11.6 Å². The van der Waals surface area contributed by atoms with E-state index in [1.165, 1.54) is 12.1 Å². The van der Waals surface area contributed by atoms with Gasteiger partial charge in [-0.05, 0) is 28.1 Å². The van der Waals surface area contributed by atoms with Gasteiger partial charge >= 0.3 is 5.97 Å². The maximum Gasteiger partial charge on any atom is 0.308 e. The Kier molecular flexibility index (Phi) is 2.98. The third-order valence-electron chi connectivity index (χ3n) is 1.25. The zero-order chi connectivity index (χ0) is 10.0. The van der Waals surface area contributed by atoms with Crippen molar-refractivity contribution in [3.05, 3.63) is 28.2 Å². The lowest BCUT2D eigenvalue weighted by molar-refractivity contribution is -0.132. The molecular weight excluding hydrogens is 246 g/mol. The van der Waals surface area contributed by atoms with Gasteiger partial charge < -0.3 is 4.74 Å². The predicted octanol–water partition coefficient (Wildman–Crippen LogP) is 2.65. The molecule has 0 bridgehead atoms. The maximum atomic E-state index is 12.9. The number of hydrogen-bond acceptors (Lipinski definition) is 2. The van der Waals surface area contributed by atoms with Crippen LogP contribution in [0, 0.1) is 11.6 Å². The molecule has 70 valence electrons. The van der Waals surface area contributed by atoms with Crippen LogP contribution in [-0.2, 0) is 4.79 Å². The summed E-state index contributed by atoms with van der Waals surface area (Å²) in [5.74, 6) is -3.35. The summed E-state index contributed by atoms with van der Waals surface area (Å²) < 4.78 is 30.2. The SMILES string of the molecule is CC(=O)Oc1ccc(Br)c(F)c1F. The van der Waals surface area contributed by atoms with Gasteiger partial charge in [-0.15, -0.1) is 0 Å². The average Bonchev–Trinajstić information content (AvgIpc) is 2.06. The molecule has 0 N–H and O–H groups in total. The van der Waals surface area contributed by atoms with Gasteiger partial charge in [-0.2, -0.15) is 4.39 Å². The van der Waals surface area contributed by atoms with Gasteiger partial charge in [0.25, 0.3) is 0 Å². The zero-order valence-corrected chi connectivity index (χ0v) is 8.19. The summed E-state index contributed by atoms with van der Waals surface area (Å²) in [7, 11) is 0. The second-order valence-corrected chi connectivity index (χ2v) is 3.12. The minimum atomic E-state index is -1.18. The molecule has 0 atom stereocenters. The highest BCUT2D eigenvalue weighted by Crippen LogP contribution is 2.25. The first-order chi connectivity index (χ1) is 6.02. The average molecular weight is 251 g/mol. The van der Waals surface area contributed by atoms with E-state index in [1.807, 2.05) is 0 Å². The van der Waals surface area contributed by atoms with E-state index >= 15 is 0 Å². The quantitative estimate of drug-likeness (QED) is 0.435. The first-order valence-corrected chi connectivity index (χ1v) is 4.13. The molecule has 2 nitrogen and oxygen atoms in total. The summed E-state index contributed by atoms with van der Waals surface area (Å²) in [6.07, 6.45) is 0. The monoisotopic (exact) mass is 250 g/mol. The molecular formula is C8H5BrF2O2. The topological polar surface area (TPSA) is 26.3 Å². The van der Waals surface area contributed by atoms with Gasteiger partial charge in [-0.25, -0.2) is 4.39 Å². The number of hydrogen-bond donors (Lipinski definition) is 0. The van der Waals surface area contributed by atoms with Gasteiger partial charge in [0.2, 0.25) is 5.82 Å². The van der Waals surface area contributed by atoms with Crippen molar-refractivity contribution in [2.24, 2.45) is 0 Å². The van der Waals surface area contributed by atoms with E-state index in [2.05, 4.69) is 20.7 Å². The highest BCUT2D eigenvalue weighted by atomic mass is 79.9. The molecule has 1 aromatic rings. The Balaban J connectivity index is 3.10. The van der Waals surface area contributed by atoms with Crippen LogP contribution in [0.5, 0.6) is 5.75 Å². The normalized spacial score (nSPS) is 9.85.